The molecule has 0 amide bonds. The Labute approximate surface area is 121 Å². The smallest absolute Gasteiger partial charge is 0.238 e. The van der Waals surface area contributed by atoms with Crippen molar-refractivity contribution in [2.45, 2.75) is 25.0 Å². The second kappa shape index (κ2) is 5.78. The van der Waals surface area contributed by atoms with Crippen molar-refractivity contribution in [1.82, 2.24) is 14.8 Å². The zero-order chi connectivity index (χ0) is 14.8. The third-order valence-corrected chi connectivity index (χ3v) is 3.79. The largest absolute Gasteiger partial charge is 0.484 e. The molecule has 20 heavy (non-hydrogen) atoms. The van der Waals surface area contributed by atoms with Crippen LogP contribution in [0.15, 0.2) is 29.4 Å². The summed E-state index contributed by atoms with van der Waals surface area (Å²) in [6.45, 7) is 2.80. The van der Waals surface area contributed by atoms with Crippen molar-refractivity contribution in [1.29, 1.82) is 0 Å². The van der Waals surface area contributed by atoms with Crippen molar-refractivity contribution in [3.05, 3.63) is 35.4 Å². The molecule has 2 rings (SSSR count). The molecule has 0 atom stereocenters. The van der Waals surface area contributed by atoms with Gasteiger partial charge < -0.3 is 4.74 Å². The summed E-state index contributed by atoms with van der Waals surface area (Å²) in [5, 5.41) is 9.19. The first-order chi connectivity index (χ1) is 9.41. The summed E-state index contributed by atoms with van der Waals surface area (Å²) >= 11 is 5.96. The van der Waals surface area contributed by atoms with Gasteiger partial charge in [0.05, 0.1) is 9.92 Å². The number of halogens is 1. The maximum Gasteiger partial charge on any atom is 0.238 e. The molecule has 0 fully saturated rings. The van der Waals surface area contributed by atoms with E-state index in [4.69, 9.17) is 21.5 Å². The normalized spacial score (nSPS) is 11.6. The molecule has 1 aromatic heterocycles. The van der Waals surface area contributed by atoms with Gasteiger partial charge in [0.1, 0.15) is 18.7 Å². The Hall–Kier alpha value is -1.64. The zero-order valence-electron chi connectivity index (χ0n) is 10.7. The third-order valence-electron chi connectivity index (χ3n) is 2.58. The SMILES string of the molecule is CCn1ncnc1COc1ccc(S(N)(=O)=O)cc1Cl. The first-order valence-electron chi connectivity index (χ1n) is 5.73. The minimum absolute atomic E-state index is 0.0634. The molecule has 9 heteroatoms. The lowest BCUT2D eigenvalue weighted by atomic mass is 10.3. The Kier molecular flexibility index (Phi) is 4.26. The van der Waals surface area contributed by atoms with Gasteiger partial charge in [0.25, 0.3) is 0 Å². The lowest BCUT2D eigenvalue weighted by Gasteiger charge is -2.09. The molecule has 0 aliphatic rings. The fraction of sp³-hybridized carbons (Fsp3) is 0.273. The van der Waals surface area contributed by atoms with E-state index in [2.05, 4.69) is 10.1 Å². The number of nitrogens with zero attached hydrogens (tertiary/aromatic N) is 3. The first-order valence-corrected chi connectivity index (χ1v) is 7.66. The van der Waals surface area contributed by atoms with Crippen LogP contribution in [0, 0.1) is 0 Å². The van der Waals surface area contributed by atoms with Gasteiger partial charge in [-0.1, -0.05) is 11.6 Å². The summed E-state index contributed by atoms with van der Waals surface area (Å²) < 4.78 is 29.6. The van der Waals surface area contributed by atoms with Gasteiger partial charge in [-0.3, -0.25) is 0 Å². The number of ether oxygens (including phenoxy) is 1. The van der Waals surface area contributed by atoms with Crippen LogP contribution in [0.25, 0.3) is 0 Å². The van der Waals surface area contributed by atoms with Crippen LogP contribution in [-0.2, 0) is 23.2 Å². The lowest BCUT2D eigenvalue weighted by Crippen LogP contribution is -2.12. The highest BCUT2D eigenvalue weighted by Crippen LogP contribution is 2.27. The van der Waals surface area contributed by atoms with Crippen LogP contribution in [0.4, 0.5) is 0 Å². The number of benzene rings is 1. The maximum atomic E-state index is 11.2. The van der Waals surface area contributed by atoms with Crippen molar-refractivity contribution in [2.24, 2.45) is 5.14 Å². The standard InChI is InChI=1S/C11H13ClN4O3S/c1-2-16-11(14-7-15-16)6-19-10-4-3-8(5-9(10)12)20(13,17)18/h3-5,7H,2,6H2,1H3,(H2,13,17,18). The molecule has 0 aliphatic heterocycles. The molecule has 108 valence electrons. The molecule has 0 radical (unpaired) electrons. The minimum atomic E-state index is -3.78. The summed E-state index contributed by atoms with van der Waals surface area (Å²) in [7, 11) is -3.78. The average molecular weight is 317 g/mol. The van der Waals surface area contributed by atoms with Gasteiger partial charge in [-0.2, -0.15) is 5.10 Å². The van der Waals surface area contributed by atoms with Crippen molar-refractivity contribution < 1.29 is 13.2 Å². The fourth-order valence-electron chi connectivity index (χ4n) is 1.58. The van der Waals surface area contributed by atoms with E-state index in [-0.39, 0.29) is 16.5 Å². The highest BCUT2D eigenvalue weighted by Gasteiger charge is 2.12. The Morgan fingerprint density at radius 2 is 2.20 bits per heavy atom. The van der Waals surface area contributed by atoms with E-state index >= 15 is 0 Å². The summed E-state index contributed by atoms with van der Waals surface area (Å²) in [5.74, 6) is 1.00. The number of primary sulfonamides is 1. The molecule has 0 bridgehead atoms. The van der Waals surface area contributed by atoms with Crippen LogP contribution in [0.3, 0.4) is 0 Å². The zero-order valence-corrected chi connectivity index (χ0v) is 12.2. The molecule has 2 N–H and O–H groups in total. The van der Waals surface area contributed by atoms with Crippen LogP contribution in [0.2, 0.25) is 5.02 Å². The van der Waals surface area contributed by atoms with Gasteiger partial charge in [-0.15, -0.1) is 0 Å². The molecule has 1 aromatic carbocycles. The van der Waals surface area contributed by atoms with Crippen molar-refractivity contribution >= 4 is 21.6 Å². The third kappa shape index (κ3) is 3.27. The number of rotatable bonds is 5. The molecular formula is C11H13ClN4O3S. The van der Waals surface area contributed by atoms with Gasteiger partial charge >= 0.3 is 0 Å². The quantitative estimate of drug-likeness (QED) is 0.892. The first kappa shape index (κ1) is 14.8. The second-order valence-corrected chi connectivity index (χ2v) is 5.89. The monoisotopic (exact) mass is 316 g/mol. The number of aryl methyl sites for hydroxylation is 1. The van der Waals surface area contributed by atoms with E-state index in [1.54, 1.807) is 4.68 Å². The maximum absolute atomic E-state index is 11.2. The van der Waals surface area contributed by atoms with Gasteiger partial charge in [0.2, 0.25) is 10.0 Å². The van der Waals surface area contributed by atoms with Crippen molar-refractivity contribution in [3.8, 4) is 5.75 Å². The number of nitrogens with two attached hydrogens (primary N) is 1. The molecule has 1 heterocycles. The summed E-state index contributed by atoms with van der Waals surface area (Å²) in [5.41, 5.74) is 0. The van der Waals surface area contributed by atoms with Gasteiger partial charge in [-0.25, -0.2) is 23.2 Å². The molecular weight excluding hydrogens is 304 g/mol. The van der Waals surface area contributed by atoms with E-state index < -0.39 is 10.0 Å². The lowest BCUT2D eigenvalue weighted by molar-refractivity contribution is 0.287. The number of hydrogen-bond acceptors (Lipinski definition) is 5. The number of sulfonamides is 1. The van der Waals surface area contributed by atoms with Crippen molar-refractivity contribution in [3.63, 3.8) is 0 Å². The van der Waals surface area contributed by atoms with Gasteiger partial charge in [-0.05, 0) is 25.1 Å². The van der Waals surface area contributed by atoms with Gasteiger partial charge in [0.15, 0.2) is 5.82 Å². The summed E-state index contributed by atoms with van der Waals surface area (Å²) in [4.78, 5) is 3.99. The highest BCUT2D eigenvalue weighted by molar-refractivity contribution is 7.89. The minimum Gasteiger partial charge on any atom is -0.484 e. The van der Waals surface area contributed by atoms with E-state index in [9.17, 15) is 8.42 Å². The fourth-order valence-corrected chi connectivity index (χ4v) is 2.42. The molecule has 0 spiro atoms. The highest BCUT2D eigenvalue weighted by atomic mass is 35.5. The Balaban J connectivity index is 2.15. The van der Waals surface area contributed by atoms with Crippen LogP contribution < -0.4 is 9.88 Å². The van der Waals surface area contributed by atoms with Gasteiger partial charge in [0, 0.05) is 6.54 Å². The van der Waals surface area contributed by atoms with Crippen LogP contribution in [0.1, 0.15) is 12.7 Å². The van der Waals surface area contributed by atoms with Crippen molar-refractivity contribution in [2.75, 3.05) is 0 Å². The molecule has 0 unspecified atom stereocenters. The summed E-state index contributed by atoms with van der Waals surface area (Å²) in [6, 6.07) is 4.03. The predicted octanol–water partition coefficient (Wildman–Crippen LogP) is 1.18. The second-order valence-electron chi connectivity index (χ2n) is 3.92. The van der Waals surface area contributed by atoms with E-state index in [0.29, 0.717) is 18.1 Å². The predicted molar refractivity (Wildman–Crippen MR) is 72.9 cm³/mol. The van der Waals surface area contributed by atoms with E-state index in [1.807, 2.05) is 6.92 Å². The molecule has 0 saturated heterocycles. The van der Waals surface area contributed by atoms with Crippen LogP contribution >= 0.6 is 11.6 Å². The van der Waals surface area contributed by atoms with Crippen LogP contribution in [0.5, 0.6) is 5.75 Å². The molecule has 0 aliphatic carbocycles. The van der Waals surface area contributed by atoms with E-state index in [0.717, 1.165) is 0 Å². The topological polar surface area (TPSA) is 100 Å². The average Bonchev–Trinajstić information content (AvgIpc) is 2.83. The summed E-state index contributed by atoms with van der Waals surface area (Å²) in [6.07, 6.45) is 1.44. The van der Waals surface area contributed by atoms with Crippen LogP contribution in [-0.4, -0.2) is 23.2 Å². The molecule has 0 saturated carbocycles. The Morgan fingerprint density at radius 1 is 1.45 bits per heavy atom. The molecule has 7 nitrogen and oxygen atoms in total. The Morgan fingerprint density at radius 3 is 2.80 bits per heavy atom. The number of hydrogen-bond donors (Lipinski definition) is 1. The molecule has 2 aromatic rings. The number of aromatic nitrogens is 3. The van der Waals surface area contributed by atoms with E-state index in [1.165, 1.54) is 24.5 Å². The Bertz CT molecular complexity index is 714.